The summed E-state index contributed by atoms with van der Waals surface area (Å²) in [6.45, 7) is 7.84. The lowest BCUT2D eigenvalue weighted by molar-refractivity contribution is -0.136. The third-order valence-electron chi connectivity index (χ3n) is 10.6. The molecule has 0 aromatic heterocycles. The molecule has 4 heterocycles. The van der Waals surface area contributed by atoms with Crippen LogP contribution >= 0.6 is 23.2 Å². The van der Waals surface area contributed by atoms with E-state index in [0.29, 0.717) is 58.3 Å². The van der Waals surface area contributed by atoms with Crippen LogP contribution in [0.1, 0.15) is 43.7 Å². The Morgan fingerprint density at radius 1 is 0.904 bits per heavy atom. The lowest BCUT2D eigenvalue weighted by atomic mass is 9.97. The van der Waals surface area contributed by atoms with Crippen LogP contribution in [0, 0.1) is 5.92 Å². The van der Waals surface area contributed by atoms with E-state index in [9.17, 15) is 27.9 Å². The number of para-hydroxylation sites is 1. The molecule has 4 aliphatic rings. The van der Waals surface area contributed by atoms with Gasteiger partial charge in [-0.05, 0) is 67.9 Å². The van der Waals surface area contributed by atoms with Gasteiger partial charge in [0.2, 0.25) is 15.9 Å². The number of piperazine rings is 1. The van der Waals surface area contributed by atoms with Gasteiger partial charge >= 0.3 is 12.1 Å². The van der Waals surface area contributed by atoms with Gasteiger partial charge in [-0.25, -0.2) is 18.0 Å². The number of halogens is 2. The van der Waals surface area contributed by atoms with Crippen molar-refractivity contribution in [3.63, 3.8) is 0 Å². The molecule has 3 fully saturated rings. The summed E-state index contributed by atoms with van der Waals surface area (Å²) in [5, 5.41) is 13.1. The van der Waals surface area contributed by atoms with Crippen molar-refractivity contribution in [1.29, 1.82) is 0 Å². The Bertz CT molecular complexity index is 1670. The molecule has 52 heavy (non-hydrogen) atoms. The number of anilines is 1. The molecule has 2 aromatic carbocycles. The topological polar surface area (TPSA) is 143 Å². The number of aromatic hydroxyl groups is 1. The van der Waals surface area contributed by atoms with Crippen molar-refractivity contribution in [1.82, 2.24) is 23.9 Å². The Kier molecular flexibility index (Phi) is 13.6. The minimum Gasteiger partial charge on any atom is -0.505 e. The molecular weight excluding hydrogens is 731 g/mol. The summed E-state index contributed by atoms with van der Waals surface area (Å²) in [5.41, 5.74) is 2.90. The van der Waals surface area contributed by atoms with E-state index in [-0.39, 0.29) is 45.8 Å². The Hall–Kier alpha value is -3.30. The van der Waals surface area contributed by atoms with Crippen molar-refractivity contribution >= 4 is 56.9 Å². The van der Waals surface area contributed by atoms with Gasteiger partial charge in [0.15, 0.2) is 5.75 Å². The minimum absolute atomic E-state index is 0.0403. The molecule has 1 atom stereocenters. The third kappa shape index (κ3) is 10.0. The number of carbonyl (C=O) groups excluding carboxylic acids is 3. The minimum atomic E-state index is -3.12. The van der Waals surface area contributed by atoms with Crippen molar-refractivity contribution in [2.75, 3.05) is 77.6 Å². The molecule has 6 rings (SSSR count). The molecule has 2 N–H and O–H groups in total. The lowest BCUT2D eigenvalue weighted by Gasteiger charge is -2.42. The first-order valence-corrected chi connectivity index (χ1v) is 20.5. The van der Waals surface area contributed by atoms with Crippen molar-refractivity contribution in [2.24, 2.45) is 5.92 Å². The number of nitrogens with zero attached hydrogens (tertiary/aromatic N) is 5. The van der Waals surface area contributed by atoms with Crippen molar-refractivity contribution < 1.29 is 32.6 Å². The number of sulfonamides is 1. The maximum Gasteiger partial charge on any atom is 0.409 e. The Labute approximate surface area is 316 Å². The number of hydrogen-bond donors (Lipinski definition) is 2. The van der Waals surface area contributed by atoms with E-state index in [1.807, 2.05) is 34.9 Å². The third-order valence-corrected chi connectivity index (χ3v) is 12.4. The van der Waals surface area contributed by atoms with E-state index in [4.69, 9.17) is 27.9 Å². The SMILES string of the molecule is COC(=O)N1CCC(N2CCc3ccccc3NC2=O)CC1.C[C@H](Cc1cc(Cl)c(O)c(Cl)c1)C(=O)N1CCC(N2CCN(S(C)(=O)=O)CC2)CC1. The largest absolute Gasteiger partial charge is 0.505 e. The molecule has 0 unspecified atom stereocenters. The molecule has 3 saturated heterocycles. The predicted molar refractivity (Wildman–Crippen MR) is 201 cm³/mol. The fraction of sp³-hybridized carbons (Fsp3) is 0.583. The molecule has 0 saturated carbocycles. The molecule has 0 radical (unpaired) electrons. The number of fused-ring (bicyclic) bond motifs is 1. The summed E-state index contributed by atoms with van der Waals surface area (Å²) < 4.78 is 29.6. The van der Waals surface area contributed by atoms with Gasteiger partial charge < -0.3 is 29.9 Å². The molecule has 286 valence electrons. The summed E-state index contributed by atoms with van der Waals surface area (Å²) in [6, 6.07) is 11.7. The van der Waals surface area contributed by atoms with Gasteiger partial charge in [-0.1, -0.05) is 48.3 Å². The Balaban J connectivity index is 0.000000210. The zero-order chi connectivity index (χ0) is 37.6. The number of benzene rings is 2. The summed E-state index contributed by atoms with van der Waals surface area (Å²) in [4.78, 5) is 44.8. The highest BCUT2D eigenvalue weighted by Gasteiger charge is 2.33. The monoisotopic (exact) mass is 780 g/mol. The van der Waals surface area contributed by atoms with E-state index in [0.717, 1.165) is 56.4 Å². The smallest absolute Gasteiger partial charge is 0.409 e. The average molecular weight is 782 g/mol. The number of urea groups is 1. The Morgan fingerprint density at radius 3 is 2.08 bits per heavy atom. The van der Waals surface area contributed by atoms with Gasteiger partial charge in [-0.2, -0.15) is 4.31 Å². The molecular formula is C36H50Cl2N6O7S. The first kappa shape index (κ1) is 39.9. The van der Waals surface area contributed by atoms with Crippen molar-refractivity contribution in [3.8, 4) is 5.75 Å². The maximum absolute atomic E-state index is 12.9. The average Bonchev–Trinajstić information content (AvgIpc) is 3.31. The summed E-state index contributed by atoms with van der Waals surface area (Å²) in [7, 11) is -1.72. The molecule has 13 nitrogen and oxygen atoms in total. The standard InChI is InChI=1S/C20H29Cl2N3O4S.C16H21N3O3/c1-14(11-15-12-17(21)19(26)18(22)13-15)20(27)24-5-3-16(4-6-24)23-7-9-25(10-8-23)30(2,28)29;1-22-16(21)18-9-7-13(8-10-18)19-11-6-12-4-2-3-5-14(12)17-15(19)20/h12-14,16,26H,3-11H2,1-2H3;2-5,13H,6-11H2,1H3,(H,17,20)/t14-;/m1./s1. The molecule has 0 spiro atoms. The second-order valence-electron chi connectivity index (χ2n) is 14.0. The molecule has 0 aliphatic carbocycles. The molecule has 4 amide bonds. The number of amides is 4. The fourth-order valence-electron chi connectivity index (χ4n) is 7.57. The second kappa shape index (κ2) is 17.7. The fourth-order valence-corrected chi connectivity index (χ4v) is 8.93. The van der Waals surface area contributed by atoms with Gasteiger partial charge in [-0.15, -0.1) is 0 Å². The van der Waals surface area contributed by atoms with Crippen molar-refractivity contribution in [2.45, 2.75) is 57.5 Å². The highest BCUT2D eigenvalue weighted by molar-refractivity contribution is 7.88. The zero-order valence-corrected chi connectivity index (χ0v) is 32.4. The van der Waals surface area contributed by atoms with Crippen LogP contribution in [0.15, 0.2) is 36.4 Å². The number of nitrogens with one attached hydrogen (secondary N) is 1. The maximum atomic E-state index is 12.9. The van der Waals surface area contributed by atoms with Gasteiger partial charge in [-0.3, -0.25) is 9.69 Å². The van der Waals surface area contributed by atoms with Crippen LogP contribution in [0.25, 0.3) is 0 Å². The number of phenolic OH excluding ortho intramolecular Hbond substituents is 1. The second-order valence-corrected chi connectivity index (χ2v) is 16.8. The molecule has 16 heteroatoms. The Morgan fingerprint density at radius 2 is 1.48 bits per heavy atom. The van der Waals surface area contributed by atoms with E-state index < -0.39 is 10.0 Å². The molecule has 4 aliphatic heterocycles. The number of piperidine rings is 2. The van der Waals surface area contributed by atoms with Gasteiger partial charge in [0.05, 0.1) is 23.4 Å². The summed E-state index contributed by atoms with van der Waals surface area (Å²) in [5.74, 6) is -0.243. The number of hydrogen-bond acceptors (Lipinski definition) is 8. The summed E-state index contributed by atoms with van der Waals surface area (Å²) >= 11 is 12.0. The first-order valence-electron chi connectivity index (χ1n) is 17.9. The van der Waals surface area contributed by atoms with E-state index in [1.54, 1.807) is 17.0 Å². The van der Waals surface area contributed by atoms with Crippen LogP contribution in [0.5, 0.6) is 5.75 Å². The van der Waals surface area contributed by atoms with E-state index in [1.165, 1.54) is 23.2 Å². The van der Waals surface area contributed by atoms with Crippen molar-refractivity contribution in [3.05, 3.63) is 57.6 Å². The number of likely N-dealkylation sites (tertiary alicyclic amines) is 2. The summed E-state index contributed by atoms with van der Waals surface area (Å²) in [6.07, 6.45) is 5.71. The van der Waals surface area contributed by atoms with Gasteiger partial charge in [0, 0.05) is 82.6 Å². The van der Waals surface area contributed by atoms with Gasteiger partial charge in [0.1, 0.15) is 0 Å². The number of rotatable bonds is 6. The van der Waals surface area contributed by atoms with Gasteiger partial charge in [0.25, 0.3) is 0 Å². The van der Waals surface area contributed by atoms with Crippen LogP contribution in [-0.2, 0) is 32.4 Å². The number of phenols is 1. The first-order chi connectivity index (χ1) is 24.7. The van der Waals surface area contributed by atoms with Crippen LogP contribution in [0.2, 0.25) is 10.0 Å². The molecule has 2 aromatic rings. The number of carbonyl (C=O) groups is 3. The highest BCUT2D eigenvalue weighted by Crippen LogP contribution is 2.34. The normalized spacial score (nSPS) is 20.2. The zero-order valence-electron chi connectivity index (χ0n) is 30.1. The number of methoxy groups -OCH3 is 1. The van der Waals surface area contributed by atoms with E-state index in [2.05, 4.69) is 16.3 Å². The lowest BCUT2D eigenvalue weighted by Crippen LogP contribution is -2.54. The number of ether oxygens (including phenoxy) is 1. The quantitative estimate of drug-likeness (QED) is 0.428. The van der Waals surface area contributed by atoms with Crippen LogP contribution in [0.4, 0.5) is 15.3 Å². The molecule has 0 bridgehead atoms. The van der Waals surface area contributed by atoms with Crippen LogP contribution in [0.3, 0.4) is 0 Å². The van der Waals surface area contributed by atoms with E-state index >= 15 is 0 Å². The predicted octanol–water partition coefficient (Wildman–Crippen LogP) is 4.75. The van der Waals surface area contributed by atoms with Crippen LogP contribution in [-0.4, -0.2) is 140 Å². The highest BCUT2D eigenvalue weighted by atomic mass is 35.5. The van der Waals surface area contributed by atoms with Crippen LogP contribution < -0.4 is 5.32 Å².